The maximum absolute atomic E-state index is 13.1. The molecule has 3 aliphatic rings. The van der Waals surface area contributed by atoms with Crippen molar-refractivity contribution in [2.45, 2.75) is 39.7 Å². The Hall–Kier alpha value is -2.85. The molecule has 0 N–H and O–H groups in total. The summed E-state index contributed by atoms with van der Waals surface area (Å²) in [5, 5.41) is 0. The Balaban J connectivity index is 1.44. The highest BCUT2D eigenvalue weighted by Crippen LogP contribution is 2.27. The number of amides is 1. The zero-order valence-corrected chi connectivity index (χ0v) is 19.6. The van der Waals surface area contributed by atoms with Crippen LogP contribution < -0.4 is 4.74 Å². The number of carbonyl (C=O) groups is 1. The summed E-state index contributed by atoms with van der Waals surface area (Å²) < 4.78 is 5.35. The van der Waals surface area contributed by atoms with Gasteiger partial charge in [0.25, 0.3) is 5.91 Å². The summed E-state index contributed by atoms with van der Waals surface area (Å²) in [5.74, 6) is 0.870. The third kappa shape index (κ3) is 5.31. The van der Waals surface area contributed by atoms with Gasteiger partial charge in [-0.3, -0.25) is 9.69 Å². The maximum atomic E-state index is 13.1. The molecule has 1 aromatic rings. The Bertz CT molecular complexity index is 1040. The number of carbonyl (C=O) groups excluding carboxylic acids is 1. The van der Waals surface area contributed by atoms with Crippen LogP contribution in [0.15, 0.2) is 71.5 Å². The van der Waals surface area contributed by atoms with Gasteiger partial charge in [0.2, 0.25) is 0 Å². The van der Waals surface area contributed by atoms with Crippen LogP contribution in [-0.2, 0) is 4.79 Å². The topological polar surface area (TPSA) is 32.8 Å². The monoisotopic (exact) mass is 429 g/mol. The fraction of sp³-hybridized carbons (Fsp3) is 0.357. The molecule has 32 heavy (non-hydrogen) atoms. The van der Waals surface area contributed by atoms with E-state index in [1.165, 1.54) is 11.1 Å². The first-order valence-electron chi connectivity index (χ1n) is 11.5. The van der Waals surface area contributed by atoms with Crippen LogP contribution in [0.5, 0.6) is 5.75 Å². The van der Waals surface area contributed by atoms with Crippen molar-refractivity contribution in [3.63, 3.8) is 0 Å². The number of allylic oxidation sites excluding steroid dienone is 4. The molecule has 1 amide bonds. The van der Waals surface area contributed by atoms with Crippen LogP contribution in [0.2, 0.25) is 0 Å². The molecule has 1 aliphatic carbocycles. The minimum absolute atomic E-state index is 0.0114. The molecule has 1 atom stereocenters. The van der Waals surface area contributed by atoms with Gasteiger partial charge in [0.15, 0.2) is 0 Å². The fourth-order valence-corrected chi connectivity index (χ4v) is 4.26. The molecule has 0 bridgehead atoms. The second kappa shape index (κ2) is 9.74. The van der Waals surface area contributed by atoms with Crippen LogP contribution in [0.1, 0.15) is 37.8 Å². The lowest BCUT2D eigenvalue weighted by atomic mass is 9.96. The summed E-state index contributed by atoms with van der Waals surface area (Å²) in [6.07, 6.45) is 17.0. The highest BCUT2D eigenvalue weighted by molar-refractivity contribution is 5.96. The van der Waals surface area contributed by atoms with Crippen molar-refractivity contribution in [3.8, 4) is 5.75 Å². The maximum Gasteiger partial charge on any atom is 0.251 e. The van der Waals surface area contributed by atoms with Crippen LogP contribution in [0.3, 0.4) is 0 Å². The highest BCUT2D eigenvalue weighted by Gasteiger charge is 2.22. The van der Waals surface area contributed by atoms with Gasteiger partial charge in [0.1, 0.15) is 5.75 Å². The van der Waals surface area contributed by atoms with E-state index in [0.29, 0.717) is 0 Å². The minimum atomic E-state index is 0.0114. The first kappa shape index (κ1) is 22.3. The zero-order valence-electron chi connectivity index (χ0n) is 19.6. The molecule has 2 aliphatic heterocycles. The summed E-state index contributed by atoms with van der Waals surface area (Å²) in [4.78, 5) is 17.5. The third-order valence-electron chi connectivity index (χ3n) is 6.50. The number of hydrogen-bond donors (Lipinski definition) is 0. The normalized spacial score (nSPS) is 21.1. The number of nitrogens with zero attached hydrogens (tertiary/aromatic N) is 2. The summed E-state index contributed by atoms with van der Waals surface area (Å²) in [5.41, 5.74) is 7.02. The van der Waals surface area contributed by atoms with Crippen molar-refractivity contribution in [2.75, 3.05) is 26.7 Å². The Morgan fingerprint density at radius 3 is 2.78 bits per heavy atom. The van der Waals surface area contributed by atoms with Gasteiger partial charge in [0.05, 0.1) is 13.2 Å². The van der Waals surface area contributed by atoms with Crippen LogP contribution >= 0.6 is 0 Å². The molecule has 0 saturated heterocycles. The number of hydrogen-bond acceptors (Lipinski definition) is 3. The van der Waals surface area contributed by atoms with Gasteiger partial charge in [-0.1, -0.05) is 35.9 Å². The SMILES string of the molecule is COc1ccc(/C(C)=C/C(=O)N2C=C(C3=CCN(CCC4=C[CH]4)CC3)C=CC2C)cc1C. The first-order valence-corrected chi connectivity index (χ1v) is 11.5. The van der Waals surface area contributed by atoms with E-state index >= 15 is 0 Å². The summed E-state index contributed by atoms with van der Waals surface area (Å²) in [7, 11) is 1.67. The summed E-state index contributed by atoms with van der Waals surface area (Å²) in [6, 6.07) is 6.06. The molecule has 0 spiro atoms. The molecular weight excluding hydrogens is 396 g/mol. The zero-order chi connectivity index (χ0) is 22.7. The molecule has 4 heteroatoms. The predicted octanol–water partition coefficient (Wildman–Crippen LogP) is 5.24. The molecule has 4 nitrogen and oxygen atoms in total. The average Bonchev–Trinajstić information content (AvgIpc) is 3.63. The molecule has 1 aromatic carbocycles. The van der Waals surface area contributed by atoms with E-state index in [0.717, 1.165) is 60.5 Å². The predicted molar refractivity (Wildman–Crippen MR) is 131 cm³/mol. The molecule has 2 heterocycles. The second-order valence-corrected chi connectivity index (χ2v) is 8.88. The fourth-order valence-electron chi connectivity index (χ4n) is 4.26. The molecule has 0 fully saturated rings. The molecule has 0 aromatic heterocycles. The van der Waals surface area contributed by atoms with Gasteiger partial charge < -0.3 is 9.64 Å². The van der Waals surface area contributed by atoms with Gasteiger partial charge in [-0.25, -0.2) is 0 Å². The quantitative estimate of drug-likeness (QED) is 0.556. The highest BCUT2D eigenvalue weighted by atomic mass is 16.5. The van der Waals surface area contributed by atoms with E-state index in [1.54, 1.807) is 13.2 Å². The molecule has 0 saturated carbocycles. The van der Waals surface area contributed by atoms with Crippen LogP contribution in [0.4, 0.5) is 0 Å². The lowest BCUT2D eigenvalue weighted by Gasteiger charge is -2.30. The smallest absolute Gasteiger partial charge is 0.251 e. The third-order valence-corrected chi connectivity index (χ3v) is 6.50. The minimum Gasteiger partial charge on any atom is -0.496 e. The van der Waals surface area contributed by atoms with Gasteiger partial charge >= 0.3 is 0 Å². The van der Waals surface area contributed by atoms with Crippen molar-refractivity contribution in [1.29, 1.82) is 0 Å². The summed E-state index contributed by atoms with van der Waals surface area (Å²) >= 11 is 0. The van der Waals surface area contributed by atoms with Crippen molar-refractivity contribution in [1.82, 2.24) is 9.80 Å². The number of benzene rings is 1. The number of aryl methyl sites for hydroxylation is 1. The largest absolute Gasteiger partial charge is 0.496 e. The molecule has 1 unspecified atom stereocenters. The lowest BCUT2D eigenvalue weighted by Crippen LogP contribution is -2.34. The number of ether oxygens (including phenoxy) is 1. The Morgan fingerprint density at radius 1 is 1.31 bits per heavy atom. The van der Waals surface area contributed by atoms with E-state index in [-0.39, 0.29) is 11.9 Å². The van der Waals surface area contributed by atoms with Crippen molar-refractivity contribution < 1.29 is 9.53 Å². The first-order chi connectivity index (χ1) is 15.4. The van der Waals surface area contributed by atoms with Crippen LogP contribution in [0.25, 0.3) is 5.57 Å². The van der Waals surface area contributed by atoms with Gasteiger partial charge in [0, 0.05) is 38.3 Å². The summed E-state index contributed by atoms with van der Waals surface area (Å²) in [6.45, 7) is 9.24. The second-order valence-electron chi connectivity index (χ2n) is 8.88. The Morgan fingerprint density at radius 2 is 2.12 bits per heavy atom. The van der Waals surface area contributed by atoms with E-state index in [9.17, 15) is 4.79 Å². The number of methoxy groups -OCH3 is 1. The van der Waals surface area contributed by atoms with Gasteiger partial charge in [-0.2, -0.15) is 0 Å². The number of rotatable bonds is 7. The van der Waals surface area contributed by atoms with Gasteiger partial charge in [-0.05, 0) is 73.6 Å². The van der Waals surface area contributed by atoms with E-state index in [1.807, 2.05) is 37.1 Å². The van der Waals surface area contributed by atoms with E-state index in [4.69, 9.17) is 4.74 Å². The van der Waals surface area contributed by atoms with Crippen molar-refractivity contribution >= 4 is 11.5 Å². The standard InChI is InChI=1S/C28H33N2O2/c1-20(25-9-10-27(32-4)21(2)17-25)18-28(31)30-19-26(8-5-22(30)3)24-12-15-29(16-13-24)14-11-23-6-7-23/h5-10,12,17-19,22H,11,13-16H2,1-4H3/b20-18+. The van der Waals surface area contributed by atoms with Crippen molar-refractivity contribution in [2.24, 2.45) is 0 Å². The van der Waals surface area contributed by atoms with Crippen molar-refractivity contribution in [3.05, 3.63) is 89.0 Å². The lowest BCUT2D eigenvalue weighted by molar-refractivity contribution is -0.124. The average molecular weight is 430 g/mol. The molecule has 1 radical (unpaired) electrons. The molecule has 4 rings (SSSR count). The Kier molecular flexibility index (Phi) is 6.80. The molecule has 167 valence electrons. The molecular formula is C28H33N2O2. The van der Waals surface area contributed by atoms with Gasteiger partial charge in [-0.15, -0.1) is 0 Å². The van der Waals surface area contributed by atoms with Crippen LogP contribution in [-0.4, -0.2) is 48.5 Å². The van der Waals surface area contributed by atoms with E-state index in [2.05, 4.69) is 48.6 Å². The Labute approximate surface area is 192 Å². The van der Waals surface area contributed by atoms with E-state index < -0.39 is 0 Å². The van der Waals surface area contributed by atoms with Crippen LogP contribution in [0, 0.1) is 13.3 Å².